The molecule has 1 unspecified atom stereocenters. The van der Waals surface area contributed by atoms with Crippen molar-refractivity contribution < 1.29 is 21.8 Å². The van der Waals surface area contributed by atoms with Crippen LogP contribution in [-0.4, -0.2) is 25.4 Å². The zero-order valence-electron chi connectivity index (χ0n) is 19.5. The molecule has 3 aromatic carbocycles. The monoisotopic (exact) mass is 484 g/mol. The number of carbonyl (C=O) groups is 1. The molecule has 0 fully saturated rings. The minimum Gasteiger partial charge on any atom is -0.379 e. The van der Waals surface area contributed by atoms with E-state index < -0.39 is 15.9 Å². The second-order valence-corrected chi connectivity index (χ2v) is 9.51. The van der Waals surface area contributed by atoms with Crippen LogP contribution in [0.5, 0.6) is 5.75 Å². The molecule has 0 saturated carbocycles. The fourth-order valence-corrected chi connectivity index (χ4v) is 4.38. The number of para-hydroxylation sites is 1. The first-order valence-corrected chi connectivity index (χ1v) is 12.6. The lowest BCUT2D eigenvalue weighted by molar-refractivity contribution is 0.187. The van der Waals surface area contributed by atoms with Crippen LogP contribution < -0.4 is 9.50 Å². The van der Waals surface area contributed by atoms with E-state index in [9.17, 15) is 17.6 Å². The highest BCUT2D eigenvalue weighted by Gasteiger charge is 2.21. The average molecular weight is 485 g/mol. The SMILES string of the molecule is CCc1ccccc1NC(=O)N(Cc1cccc(OS(=O)(=O)c2ccc(F)cc2)c1)C(C)CC. The Morgan fingerprint density at radius 2 is 1.74 bits per heavy atom. The number of carbonyl (C=O) groups excluding carboxylic acids is 1. The molecule has 1 N–H and O–H groups in total. The van der Waals surface area contributed by atoms with E-state index in [1.54, 1.807) is 23.1 Å². The first-order valence-electron chi connectivity index (χ1n) is 11.2. The van der Waals surface area contributed by atoms with Crippen LogP contribution in [0.15, 0.2) is 77.7 Å². The molecule has 0 aliphatic carbocycles. The molecule has 6 nitrogen and oxygen atoms in total. The fraction of sp³-hybridized carbons (Fsp3) is 0.269. The molecule has 0 bridgehead atoms. The number of nitrogens with one attached hydrogen (secondary N) is 1. The van der Waals surface area contributed by atoms with Gasteiger partial charge in [0.05, 0.1) is 0 Å². The van der Waals surface area contributed by atoms with E-state index in [4.69, 9.17) is 4.18 Å². The lowest BCUT2D eigenvalue weighted by Crippen LogP contribution is -2.40. The third-order valence-electron chi connectivity index (χ3n) is 5.58. The number of rotatable bonds is 9. The van der Waals surface area contributed by atoms with Crippen molar-refractivity contribution in [1.29, 1.82) is 0 Å². The minimum absolute atomic E-state index is 0.0543. The summed E-state index contributed by atoms with van der Waals surface area (Å²) >= 11 is 0. The Hall–Kier alpha value is -3.39. The van der Waals surface area contributed by atoms with Gasteiger partial charge in [-0.25, -0.2) is 9.18 Å². The van der Waals surface area contributed by atoms with E-state index in [2.05, 4.69) is 5.32 Å². The van der Waals surface area contributed by atoms with Gasteiger partial charge >= 0.3 is 16.1 Å². The van der Waals surface area contributed by atoms with Gasteiger partial charge in [-0.15, -0.1) is 0 Å². The van der Waals surface area contributed by atoms with Gasteiger partial charge in [-0.3, -0.25) is 0 Å². The van der Waals surface area contributed by atoms with Crippen LogP contribution in [0.4, 0.5) is 14.9 Å². The van der Waals surface area contributed by atoms with Gasteiger partial charge in [-0.2, -0.15) is 8.42 Å². The maximum atomic E-state index is 13.2. The predicted molar refractivity (Wildman–Crippen MR) is 131 cm³/mol. The minimum atomic E-state index is -4.12. The van der Waals surface area contributed by atoms with Crippen molar-refractivity contribution >= 4 is 21.8 Å². The number of aryl methyl sites for hydroxylation is 1. The van der Waals surface area contributed by atoms with Crippen LogP contribution in [-0.2, 0) is 23.1 Å². The van der Waals surface area contributed by atoms with Gasteiger partial charge in [0, 0.05) is 18.3 Å². The number of amides is 2. The lowest BCUT2D eigenvalue weighted by atomic mass is 10.1. The Balaban J connectivity index is 1.79. The number of urea groups is 1. The normalized spacial score (nSPS) is 12.1. The highest BCUT2D eigenvalue weighted by molar-refractivity contribution is 7.87. The molecule has 0 aromatic heterocycles. The van der Waals surface area contributed by atoms with E-state index in [1.807, 2.05) is 45.0 Å². The first-order chi connectivity index (χ1) is 16.2. The summed E-state index contributed by atoms with van der Waals surface area (Å²) in [5.41, 5.74) is 2.53. The van der Waals surface area contributed by atoms with Gasteiger partial charge in [-0.05, 0) is 73.4 Å². The van der Waals surface area contributed by atoms with Gasteiger partial charge in [0.2, 0.25) is 0 Å². The van der Waals surface area contributed by atoms with Crippen LogP contribution >= 0.6 is 0 Å². The first kappa shape index (κ1) is 25.2. The van der Waals surface area contributed by atoms with Crippen molar-refractivity contribution in [2.75, 3.05) is 5.32 Å². The number of halogens is 1. The second kappa shape index (κ2) is 11.2. The molecular formula is C26H29FN2O4S. The molecule has 0 aliphatic rings. The summed E-state index contributed by atoms with van der Waals surface area (Å²) in [6, 6.07) is 18.4. The Labute approximate surface area is 200 Å². The largest absolute Gasteiger partial charge is 0.379 e. The van der Waals surface area contributed by atoms with Crippen molar-refractivity contribution in [2.45, 2.75) is 51.1 Å². The molecule has 3 rings (SSSR count). The van der Waals surface area contributed by atoms with E-state index in [1.165, 1.54) is 6.07 Å². The van der Waals surface area contributed by atoms with Crippen LogP contribution in [0.1, 0.15) is 38.3 Å². The van der Waals surface area contributed by atoms with Crippen molar-refractivity contribution in [3.05, 3.63) is 89.7 Å². The number of nitrogens with zero attached hydrogens (tertiary/aromatic N) is 1. The van der Waals surface area contributed by atoms with Gasteiger partial charge in [0.1, 0.15) is 16.5 Å². The van der Waals surface area contributed by atoms with Crippen molar-refractivity contribution in [3.8, 4) is 5.75 Å². The smallest absolute Gasteiger partial charge is 0.339 e. The van der Waals surface area contributed by atoms with Gasteiger partial charge in [0.15, 0.2) is 0 Å². The summed E-state index contributed by atoms with van der Waals surface area (Å²) in [5.74, 6) is -0.423. The van der Waals surface area contributed by atoms with Crippen LogP contribution in [0.3, 0.4) is 0 Å². The topological polar surface area (TPSA) is 75.7 Å². The van der Waals surface area contributed by atoms with Gasteiger partial charge in [0.25, 0.3) is 0 Å². The predicted octanol–water partition coefficient (Wildman–Crippen LogP) is 5.99. The van der Waals surface area contributed by atoms with Crippen LogP contribution in [0, 0.1) is 5.82 Å². The molecule has 0 spiro atoms. The zero-order valence-corrected chi connectivity index (χ0v) is 20.3. The summed E-state index contributed by atoms with van der Waals surface area (Å²) in [5, 5.41) is 3.01. The molecule has 0 aliphatic heterocycles. The van der Waals surface area contributed by atoms with E-state index in [-0.39, 0.29) is 29.3 Å². The van der Waals surface area contributed by atoms with E-state index in [0.29, 0.717) is 5.56 Å². The molecule has 34 heavy (non-hydrogen) atoms. The molecule has 0 saturated heterocycles. The quantitative estimate of drug-likeness (QED) is 0.379. The summed E-state index contributed by atoms with van der Waals surface area (Å²) in [4.78, 5) is 14.7. The standard InChI is InChI=1S/C26H29FN2O4S/c1-4-19(3)29(26(30)28-25-12-7-6-10-21(25)5-2)18-20-9-8-11-23(17-20)33-34(31,32)24-15-13-22(27)14-16-24/h6-17,19H,4-5,18H2,1-3H3,(H,28,30). The van der Waals surface area contributed by atoms with Gasteiger partial charge in [-0.1, -0.05) is 44.2 Å². The lowest BCUT2D eigenvalue weighted by Gasteiger charge is -2.29. The molecule has 3 aromatic rings. The number of benzene rings is 3. The Bertz CT molecular complexity index is 1230. The Morgan fingerprint density at radius 1 is 1.03 bits per heavy atom. The van der Waals surface area contributed by atoms with Gasteiger partial charge < -0.3 is 14.4 Å². The average Bonchev–Trinajstić information content (AvgIpc) is 2.82. The van der Waals surface area contributed by atoms with E-state index in [0.717, 1.165) is 48.4 Å². The van der Waals surface area contributed by atoms with Crippen molar-refractivity contribution in [3.63, 3.8) is 0 Å². The van der Waals surface area contributed by atoms with Crippen LogP contribution in [0.25, 0.3) is 0 Å². The van der Waals surface area contributed by atoms with Crippen molar-refractivity contribution in [2.24, 2.45) is 0 Å². The third-order valence-corrected chi connectivity index (χ3v) is 6.84. The summed E-state index contributed by atoms with van der Waals surface area (Å²) in [6.45, 7) is 6.26. The summed E-state index contributed by atoms with van der Waals surface area (Å²) in [7, 11) is -4.12. The molecule has 0 radical (unpaired) electrons. The molecule has 2 amide bonds. The Morgan fingerprint density at radius 3 is 2.41 bits per heavy atom. The summed E-state index contributed by atoms with van der Waals surface area (Å²) < 4.78 is 43.5. The third kappa shape index (κ3) is 6.35. The molecule has 1 atom stereocenters. The maximum absolute atomic E-state index is 13.2. The highest BCUT2D eigenvalue weighted by atomic mass is 32.2. The summed E-state index contributed by atoms with van der Waals surface area (Å²) in [6.07, 6.45) is 1.54. The van der Waals surface area contributed by atoms with Crippen LogP contribution in [0.2, 0.25) is 0 Å². The highest BCUT2D eigenvalue weighted by Crippen LogP contribution is 2.23. The molecular weight excluding hydrogens is 455 g/mol. The zero-order chi connectivity index (χ0) is 24.7. The second-order valence-electron chi connectivity index (χ2n) is 7.96. The van der Waals surface area contributed by atoms with E-state index >= 15 is 0 Å². The Kier molecular flexibility index (Phi) is 8.28. The number of anilines is 1. The molecule has 180 valence electrons. The number of hydrogen-bond acceptors (Lipinski definition) is 4. The maximum Gasteiger partial charge on any atom is 0.339 e. The molecule has 8 heteroatoms. The molecule has 0 heterocycles. The van der Waals surface area contributed by atoms with Crippen molar-refractivity contribution in [1.82, 2.24) is 4.90 Å². The fourth-order valence-electron chi connectivity index (χ4n) is 3.45. The number of hydrogen-bond donors (Lipinski definition) is 1.